The first-order valence-corrected chi connectivity index (χ1v) is 4.93. The van der Waals surface area contributed by atoms with Crippen LogP contribution in [0.4, 0.5) is 4.79 Å². The molecular formula is C9H13N3O5. The predicted octanol–water partition coefficient (Wildman–Crippen LogP) is 0.431. The number of imide groups is 1. The molecule has 1 saturated heterocycles. The first kappa shape index (κ1) is 12.9. The summed E-state index contributed by atoms with van der Waals surface area (Å²) in [5.41, 5.74) is -1.44. The van der Waals surface area contributed by atoms with Gasteiger partial charge in [0.25, 0.3) is 5.91 Å². The van der Waals surface area contributed by atoms with Crippen LogP contribution in [0.5, 0.6) is 0 Å². The second-order valence-corrected chi connectivity index (χ2v) is 4.30. The number of allylic oxidation sites excluding steroid dienone is 1. The molecule has 17 heavy (non-hydrogen) atoms. The van der Waals surface area contributed by atoms with Crippen LogP contribution >= 0.6 is 0 Å². The SMILES string of the molecule is CC(C)(CC/C(O)=C1/NC(=O)NC1=O)[N+](=O)[O-]. The van der Waals surface area contributed by atoms with E-state index in [0.29, 0.717) is 0 Å². The van der Waals surface area contributed by atoms with Gasteiger partial charge in [0.15, 0.2) is 0 Å². The van der Waals surface area contributed by atoms with Crippen LogP contribution in [-0.2, 0) is 4.79 Å². The smallest absolute Gasteiger partial charge is 0.326 e. The van der Waals surface area contributed by atoms with Crippen molar-refractivity contribution in [3.63, 3.8) is 0 Å². The standard InChI is InChI=1S/C9H13N3O5/c1-9(2,12(16)17)4-3-5(13)6-7(14)11-8(15)10-6/h13H,3-4H2,1-2H3,(H2,10,11,14,15)/b6-5-. The number of nitrogens with one attached hydrogen (secondary N) is 2. The zero-order chi connectivity index (χ0) is 13.2. The molecule has 0 atom stereocenters. The van der Waals surface area contributed by atoms with Crippen LogP contribution in [0.3, 0.4) is 0 Å². The Morgan fingerprint density at radius 3 is 2.41 bits per heavy atom. The lowest BCUT2D eigenvalue weighted by molar-refractivity contribution is -0.561. The summed E-state index contributed by atoms with van der Waals surface area (Å²) in [4.78, 5) is 32.1. The predicted molar refractivity (Wildman–Crippen MR) is 56.6 cm³/mol. The summed E-state index contributed by atoms with van der Waals surface area (Å²) in [5, 5.41) is 24.2. The molecule has 1 aliphatic heterocycles. The molecule has 0 aliphatic carbocycles. The zero-order valence-corrected chi connectivity index (χ0v) is 9.44. The van der Waals surface area contributed by atoms with Crippen molar-refractivity contribution in [2.45, 2.75) is 32.2 Å². The number of nitro groups is 1. The molecule has 0 saturated carbocycles. The van der Waals surface area contributed by atoms with Gasteiger partial charge in [-0.15, -0.1) is 0 Å². The number of aliphatic hydroxyl groups excluding tert-OH is 1. The van der Waals surface area contributed by atoms with Crippen molar-refractivity contribution in [2.24, 2.45) is 0 Å². The lowest BCUT2D eigenvalue weighted by Crippen LogP contribution is -2.31. The van der Waals surface area contributed by atoms with E-state index < -0.39 is 22.4 Å². The summed E-state index contributed by atoms with van der Waals surface area (Å²) in [6.45, 7) is 2.83. The molecule has 3 N–H and O–H groups in total. The van der Waals surface area contributed by atoms with Crippen LogP contribution in [0.15, 0.2) is 11.5 Å². The molecule has 1 aliphatic rings. The van der Waals surface area contributed by atoms with Crippen LogP contribution in [-0.4, -0.2) is 27.5 Å². The lowest BCUT2D eigenvalue weighted by atomic mass is 9.98. The molecule has 8 heteroatoms. The number of urea groups is 1. The van der Waals surface area contributed by atoms with Crippen molar-refractivity contribution in [1.29, 1.82) is 0 Å². The van der Waals surface area contributed by atoms with E-state index in [1.165, 1.54) is 13.8 Å². The van der Waals surface area contributed by atoms with Gasteiger partial charge in [0.1, 0.15) is 11.5 Å². The van der Waals surface area contributed by atoms with Gasteiger partial charge in [0.05, 0.1) is 0 Å². The molecule has 0 unspecified atom stereocenters. The Bertz CT molecular complexity index is 413. The number of hydrogen-bond donors (Lipinski definition) is 3. The van der Waals surface area contributed by atoms with E-state index >= 15 is 0 Å². The normalized spacial score (nSPS) is 18.7. The quantitative estimate of drug-likeness (QED) is 0.217. The highest BCUT2D eigenvalue weighted by molar-refractivity contribution is 6.11. The Hall–Kier alpha value is -2.12. The molecule has 0 bridgehead atoms. The number of nitrogens with zero attached hydrogens (tertiary/aromatic N) is 1. The third-order valence-corrected chi connectivity index (χ3v) is 2.45. The minimum Gasteiger partial charge on any atom is -0.510 e. The Kier molecular flexibility index (Phi) is 3.35. The van der Waals surface area contributed by atoms with Crippen LogP contribution < -0.4 is 10.6 Å². The van der Waals surface area contributed by atoms with E-state index in [4.69, 9.17) is 0 Å². The van der Waals surface area contributed by atoms with Crippen molar-refractivity contribution in [3.8, 4) is 0 Å². The first-order valence-electron chi connectivity index (χ1n) is 4.93. The number of carbonyl (C=O) groups excluding carboxylic acids is 2. The fourth-order valence-corrected chi connectivity index (χ4v) is 1.21. The van der Waals surface area contributed by atoms with E-state index in [1.807, 2.05) is 5.32 Å². The van der Waals surface area contributed by atoms with Crippen LogP contribution in [0.25, 0.3) is 0 Å². The molecule has 0 aromatic heterocycles. The van der Waals surface area contributed by atoms with E-state index in [1.54, 1.807) is 0 Å². The molecule has 0 aromatic rings. The molecule has 3 amide bonds. The number of hydrogen-bond acceptors (Lipinski definition) is 5. The maximum Gasteiger partial charge on any atom is 0.326 e. The molecule has 94 valence electrons. The third kappa shape index (κ3) is 2.92. The molecule has 0 radical (unpaired) electrons. The number of amides is 3. The fraction of sp³-hybridized carbons (Fsp3) is 0.556. The van der Waals surface area contributed by atoms with Gasteiger partial charge in [-0.2, -0.15) is 0 Å². The minimum atomic E-state index is -1.20. The molecule has 1 heterocycles. The Morgan fingerprint density at radius 2 is 2.00 bits per heavy atom. The highest BCUT2D eigenvalue weighted by Gasteiger charge is 2.32. The molecule has 0 aromatic carbocycles. The van der Waals surface area contributed by atoms with Crippen molar-refractivity contribution in [1.82, 2.24) is 10.6 Å². The fourth-order valence-electron chi connectivity index (χ4n) is 1.21. The third-order valence-electron chi connectivity index (χ3n) is 2.45. The van der Waals surface area contributed by atoms with Gasteiger partial charge in [-0.1, -0.05) is 0 Å². The van der Waals surface area contributed by atoms with Crippen LogP contribution in [0, 0.1) is 10.1 Å². The van der Waals surface area contributed by atoms with Gasteiger partial charge in [-0.3, -0.25) is 25.5 Å². The van der Waals surface area contributed by atoms with E-state index in [0.717, 1.165) is 0 Å². The van der Waals surface area contributed by atoms with Crippen molar-refractivity contribution >= 4 is 11.9 Å². The Labute approximate surface area is 96.8 Å². The van der Waals surface area contributed by atoms with Gasteiger partial charge < -0.3 is 5.11 Å². The second-order valence-electron chi connectivity index (χ2n) is 4.30. The largest absolute Gasteiger partial charge is 0.510 e. The monoisotopic (exact) mass is 243 g/mol. The summed E-state index contributed by atoms with van der Waals surface area (Å²) in [5.74, 6) is -1.09. The maximum atomic E-state index is 11.1. The van der Waals surface area contributed by atoms with E-state index in [9.17, 15) is 24.8 Å². The summed E-state index contributed by atoms with van der Waals surface area (Å²) < 4.78 is 0. The molecular weight excluding hydrogens is 230 g/mol. The Balaban J connectivity index is 2.70. The summed E-state index contributed by atoms with van der Waals surface area (Å²) in [6, 6.07) is -0.718. The van der Waals surface area contributed by atoms with E-state index in [-0.39, 0.29) is 24.3 Å². The van der Waals surface area contributed by atoms with Gasteiger partial charge in [-0.25, -0.2) is 4.79 Å². The average Bonchev–Trinajstić information content (AvgIpc) is 2.54. The summed E-state index contributed by atoms with van der Waals surface area (Å²) in [7, 11) is 0. The molecule has 0 spiro atoms. The number of rotatable bonds is 4. The molecule has 8 nitrogen and oxygen atoms in total. The molecule has 1 rings (SSSR count). The van der Waals surface area contributed by atoms with Gasteiger partial charge in [0.2, 0.25) is 5.54 Å². The number of carbonyl (C=O) groups is 2. The topological polar surface area (TPSA) is 122 Å². The summed E-state index contributed by atoms with van der Waals surface area (Å²) >= 11 is 0. The van der Waals surface area contributed by atoms with Crippen molar-refractivity contribution in [2.75, 3.05) is 0 Å². The zero-order valence-electron chi connectivity index (χ0n) is 9.44. The lowest BCUT2D eigenvalue weighted by Gasteiger charge is -2.15. The van der Waals surface area contributed by atoms with Crippen LogP contribution in [0.1, 0.15) is 26.7 Å². The van der Waals surface area contributed by atoms with Gasteiger partial charge in [-0.05, 0) is 0 Å². The van der Waals surface area contributed by atoms with Crippen molar-refractivity contribution in [3.05, 3.63) is 21.6 Å². The van der Waals surface area contributed by atoms with Gasteiger partial charge >= 0.3 is 6.03 Å². The highest BCUT2D eigenvalue weighted by Crippen LogP contribution is 2.19. The highest BCUT2D eigenvalue weighted by atomic mass is 16.6. The Morgan fingerprint density at radius 1 is 1.41 bits per heavy atom. The van der Waals surface area contributed by atoms with E-state index in [2.05, 4.69) is 5.32 Å². The number of aliphatic hydroxyl groups is 1. The summed E-state index contributed by atoms with van der Waals surface area (Å²) in [6.07, 6.45) is -0.00447. The first-order chi connectivity index (χ1) is 7.74. The average molecular weight is 243 g/mol. The maximum absolute atomic E-state index is 11.1. The van der Waals surface area contributed by atoms with Crippen molar-refractivity contribution < 1.29 is 19.6 Å². The molecule has 1 fully saturated rings. The second kappa shape index (κ2) is 4.40. The van der Waals surface area contributed by atoms with Crippen LogP contribution in [0.2, 0.25) is 0 Å². The van der Waals surface area contributed by atoms with Gasteiger partial charge in [0, 0.05) is 31.6 Å². The minimum absolute atomic E-state index is 0.0541.